The van der Waals surface area contributed by atoms with Crippen LogP contribution in [0.4, 0.5) is 4.79 Å². The number of carbonyl (C=O) groups excluding carboxylic acids is 2. The topological polar surface area (TPSA) is 101 Å². The number of hydrogen-bond donors (Lipinski definition) is 3. The van der Waals surface area contributed by atoms with Crippen LogP contribution in [0.15, 0.2) is 30.3 Å². The van der Waals surface area contributed by atoms with Crippen molar-refractivity contribution in [1.82, 2.24) is 30.9 Å². The average molecular weight is 300 g/mol. The lowest BCUT2D eigenvalue weighted by molar-refractivity contribution is -0.122. The van der Waals surface area contributed by atoms with Crippen LogP contribution in [0.5, 0.6) is 0 Å². The van der Waals surface area contributed by atoms with Gasteiger partial charge in [-0.05, 0) is 5.56 Å². The van der Waals surface area contributed by atoms with E-state index in [9.17, 15) is 9.59 Å². The molecule has 0 bridgehead atoms. The molecule has 0 unspecified atom stereocenters. The fraction of sp³-hybridized carbons (Fsp3) is 0.286. The highest BCUT2D eigenvalue weighted by atomic mass is 16.2. The molecule has 1 aromatic heterocycles. The molecule has 22 heavy (non-hydrogen) atoms. The van der Waals surface area contributed by atoms with Gasteiger partial charge in [-0.15, -0.1) is 5.10 Å². The van der Waals surface area contributed by atoms with Crippen LogP contribution in [0.2, 0.25) is 0 Å². The summed E-state index contributed by atoms with van der Waals surface area (Å²) in [6, 6.07) is 9.39. The van der Waals surface area contributed by atoms with Crippen LogP contribution in [0.3, 0.4) is 0 Å². The summed E-state index contributed by atoms with van der Waals surface area (Å²) >= 11 is 0. The molecule has 114 valence electrons. The van der Waals surface area contributed by atoms with Crippen LogP contribution in [-0.2, 0) is 31.0 Å². The third-order valence-corrected chi connectivity index (χ3v) is 3.38. The van der Waals surface area contributed by atoms with E-state index >= 15 is 0 Å². The van der Waals surface area contributed by atoms with E-state index in [1.807, 2.05) is 30.3 Å². The highest BCUT2D eigenvalue weighted by Crippen LogP contribution is 2.08. The smallest absolute Gasteiger partial charge is 0.315 e. The molecule has 0 aliphatic carbocycles. The van der Waals surface area contributed by atoms with E-state index in [0.717, 1.165) is 11.3 Å². The first-order valence-electron chi connectivity index (χ1n) is 6.96. The van der Waals surface area contributed by atoms with E-state index in [0.29, 0.717) is 18.8 Å². The predicted octanol–water partition coefficient (Wildman–Crippen LogP) is -0.0927. The van der Waals surface area contributed by atoms with Crippen LogP contribution in [-0.4, -0.2) is 26.9 Å². The molecule has 0 saturated heterocycles. The maximum absolute atomic E-state index is 11.8. The minimum Gasteiger partial charge on any atom is -0.349 e. The Morgan fingerprint density at radius 1 is 1.23 bits per heavy atom. The summed E-state index contributed by atoms with van der Waals surface area (Å²) in [5.41, 5.74) is 2.51. The van der Waals surface area contributed by atoms with Gasteiger partial charge in [-0.2, -0.15) is 0 Å². The SMILES string of the molecule is O=C1Cn2nnc(CNC(=O)NCc3ccccc3)c2CN1. The minimum absolute atomic E-state index is 0.0856. The van der Waals surface area contributed by atoms with Crippen molar-refractivity contribution in [3.63, 3.8) is 0 Å². The summed E-state index contributed by atoms with van der Waals surface area (Å²) < 4.78 is 1.55. The Morgan fingerprint density at radius 3 is 2.82 bits per heavy atom. The number of fused-ring (bicyclic) bond motifs is 1. The number of nitrogens with zero attached hydrogens (tertiary/aromatic N) is 3. The fourth-order valence-electron chi connectivity index (χ4n) is 2.21. The number of carbonyl (C=O) groups is 2. The van der Waals surface area contributed by atoms with Crippen molar-refractivity contribution >= 4 is 11.9 Å². The largest absolute Gasteiger partial charge is 0.349 e. The summed E-state index contributed by atoms with van der Waals surface area (Å²) in [6.07, 6.45) is 0. The molecule has 8 heteroatoms. The third kappa shape index (κ3) is 3.22. The van der Waals surface area contributed by atoms with Gasteiger partial charge in [-0.1, -0.05) is 35.5 Å². The summed E-state index contributed by atoms with van der Waals surface area (Å²) in [5.74, 6) is -0.0856. The summed E-state index contributed by atoms with van der Waals surface area (Å²) in [4.78, 5) is 23.0. The lowest BCUT2D eigenvalue weighted by Crippen LogP contribution is -2.37. The van der Waals surface area contributed by atoms with Gasteiger partial charge in [0.15, 0.2) is 0 Å². The van der Waals surface area contributed by atoms with Crippen molar-refractivity contribution in [3.8, 4) is 0 Å². The maximum Gasteiger partial charge on any atom is 0.315 e. The van der Waals surface area contributed by atoms with Crippen LogP contribution in [0.25, 0.3) is 0 Å². The number of hydrogen-bond acceptors (Lipinski definition) is 4. The number of urea groups is 1. The van der Waals surface area contributed by atoms with Gasteiger partial charge in [0.1, 0.15) is 12.2 Å². The molecule has 2 heterocycles. The second-order valence-electron chi connectivity index (χ2n) is 4.94. The van der Waals surface area contributed by atoms with Crippen molar-refractivity contribution in [2.45, 2.75) is 26.2 Å². The quantitative estimate of drug-likeness (QED) is 0.734. The van der Waals surface area contributed by atoms with Crippen molar-refractivity contribution in [2.24, 2.45) is 0 Å². The molecule has 0 spiro atoms. The lowest BCUT2D eigenvalue weighted by atomic mass is 10.2. The monoisotopic (exact) mass is 300 g/mol. The number of benzene rings is 1. The van der Waals surface area contributed by atoms with Crippen LogP contribution >= 0.6 is 0 Å². The minimum atomic E-state index is -0.273. The average Bonchev–Trinajstić information content (AvgIpc) is 2.94. The van der Waals surface area contributed by atoms with Crippen LogP contribution in [0.1, 0.15) is 17.0 Å². The molecule has 3 amide bonds. The third-order valence-electron chi connectivity index (χ3n) is 3.38. The molecule has 8 nitrogen and oxygen atoms in total. The molecule has 0 atom stereocenters. The van der Waals surface area contributed by atoms with Gasteiger partial charge >= 0.3 is 6.03 Å². The first-order valence-corrected chi connectivity index (χ1v) is 6.96. The normalized spacial score (nSPS) is 13.2. The molecule has 1 aliphatic rings. The van der Waals surface area contributed by atoms with E-state index < -0.39 is 0 Å². The van der Waals surface area contributed by atoms with Gasteiger partial charge in [0, 0.05) is 6.54 Å². The molecular formula is C14H16N6O2. The van der Waals surface area contributed by atoms with Crippen LogP contribution < -0.4 is 16.0 Å². The highest BCUT2D eigenvalue weighted by Gasteiger charge is 2.20. The zero-order chi connectivity index (χ0) is 15.4. The number of nitrogens with one attached hydrogen (secondary N) is 3. The van der Waals surface area contributed by atoms with Gasteiger partial charge in [-0.25, -0.2) is 9.48 Å². The van der Waals surface area contributed by atoms with E-state index in [4.69, 9.17) is 0 Å². The van der Waals surface area contributed by atoms with Gasteiger partial charge in [-0.3, -0.25) is 4.79 Å². The molecule has 1 aromatic carbocycles. The first kappa shape index (κ1) is 14.1. The van der Waals surface area contributed by atoms with Gasteiger partial charge < -0.3 is 16.0 Å². The second kappa shape index (κ2) is 6.25. The van der Waals surface area contributed by atoms with Crippen LogP contribution in [0, 0.1) is 0 Å². The highest BCUT2D eigenvalue weighted by molar-refractivity contribution is 5.76. The van der Waals surface area contributed by atoms with Crippen molar-refractivity contribution in [2.75, 3.05) is 0 Å². The Kier molecular flexibility index (Phi) is 3.99. The van der Waals surface area contributed by atoms with E-state index in [1.54, 1.807) is 4.68 Å². The fourth-order valence-corrected chi connectivity index (χ4v) is 2.21. The molecule has 0 saturated carbocycles. The summed E-state index contributed by atoms with van der Waals surface area (Å²) in [7, 11) is 0. The van der Waals surface area contributed by atoms with E-state index in [-0.39, 0.29) is 25.0 Å². The summed E-state index contributed by atoms with van der Waals surface area (Å²) in [5, 5.41) is 16.2. The molecule has 0 fully saturated rings. The Balaban J connectivity index is 1.50. The molecule has 2 aromatic rings. The van der Waals surface area contributed by atoms with E-state index in [2.05, 4.69) is 26.3 Å². The molecule has 3 rings (SSSR count). The van der Waals surface area contributed by atoms with Gasteiger partial charge in [0.05, 0.1) is 18.8 Å². The number of amides is 3. The second-order valence-corrected chi connectivity index (χ2v) is 4.94. The molecule has 0 radical (unpaired) electrons. The zero-order valence-electron chi connectivity index (χ0n) is 11.9. The lowest BCUT2D eigenvalue weighted by Gasteiger charge is -2.14. The Labute approximate surface area is 126 Å². The molecule has 3 N–H and O–H groups in total. The van der Waals surface area contributed by atoms with Crippen molar-refractivity contribution in [3.05, 3.63) is 47.3 Å². The first-order chi connectivity index (χ1) is 10.7. The molecule has 1 aliphatic heterocycles. The zero-order valence-corrected chi connectivity index (χ0v) is 11.9. The van der Waals surface area contributed by atoms with Crippen molar-refractivity contribution in [1.29, 1.82) is 0 Å². The number of aromatic nitrogens is 3. The van der Waals surface area contributed by atoms with E-state index in [1.165, 1.54) is 0 Å². The molecular weight excluding hydrogens is 284 g/mol. The van der Waals surface area contributed by atoms with Crippen molar-refractivity contribution < 1.29 is 9.59 Å². The van der Waals surface area contributed by atoms with Gasteiger partial charge in [0.2, 0.25) is 5.91 Å². The Hall–Kier alpha value is -2.90. The maximum atomic E-state index is 11.8. The Morgan fingerprint density at radius 2 is 2.00 bits per heavy atom. The summed E-state index contributed by atoms with van der Waals surface area (Å²) in [6.45, 7) is 1.28. The standard InChI is InChI=1S/C14H16N6O2/c21-13-9-20-12(8-15-13)11(18-19-20)7-17-14(22)16-6-10-4-2-1-3-5-10/h1-5H,6-9H2,(H,15,21)(H2,16,17,22). The Bertz CT molecular complexity index is 682. The number of rotatable bonds is 4. The van der Waals surface area contributed by atoms with Gasteiger partial charge in [0.25, 0.3) is 0 Å². The predicted molar refractivity (Wildman–Crippen MR) is 77.4 cm³/mol.